The third kappa shape index (κ3) is 3.84. The van der Waals surface area contributed by atoms with Crippen LogP contribution in [0.2, 0.25) is 0 Å². The molecular weight excluding hydrogens is 308 g/mol. The largest absolute Gasteiger partial charge is 0.303 e. The first-order valence-electron chi connectivity index (χ1n) is 6.89. The summed E-state index contributed by atoms with van der Waals surface area (Å²) in [6.45, 7) is 0. The van der Waals surface area contributed by atoms with E-state index in [1.165, 1.54) is 11.8 Å². The Morgan fingerprint density at radius 1 is 1.09 bits per heavy atom. The third-order valence-electron chi connectivity index (χ3n) is 3.20. The molecular formula is C17H12N4OS. The molecule has 0 aromatic heterocycles. The lowest BCUT2D eigenvalue weighted by atomic mass is 10.0. The zero-order valence-electron chi connectivity index (χ0n) is 12.1. The zero-order chi connectivity index (χ0) is 16.1. The standard InChI is InChI=1S/C17H12N4OS/c18-9-12-1-5-14(6-2-12)15-7-3-13(4-8-15)10-19-21-17-20-16(22)11-23-17/h1-8,10H,11H2,(H,20,21,22). The molecule has 0 saturated carbocycles. The van der Waals surface area contributed by atoms with Crippen molar-refractivity contribution in [3.8, 4) is 17.2 Å². The molecule has 0 spiro atoms. The van der Waals surface area contributed by atoms with Gasteiger partial charge in [-0.2, -0.15) is 10.4 Å². The lowest BCUT2D eigenvalue weighted by Crippen LogP contribution is -2.19. The van der Waals surface area contributed by atoms with Crippen LogP contribution < -0.4 is 5.32 Å². The van der Waals surface area contributed by atoms with Crippen molar-refractivity contribution in [3.05, 3.63) is 59.7 Å². The van der Waals surface area contributed by atoms with E-state index < -0.39 is 0 Å². The van der Waals surface area contributed by atoms with Gasteiger partial charge in [-0.05, 0) is 28.8 Å². The van der Waals surface area contributed by atoms with Crippen LogP contribution in [0, 0.1) is 11.3 Å². The minimum Gasteiger partial charge on any atom is -0.303 e. The molecule has 1 N–H and O–H groups in total. The van der Waals surface area contributed by atoms with Crippen molar-refractivity contribution in [2.24, 2.45) is 10.2 Å². The molecule has 5 nitrogen and oxygen atoms in total. The Balaban J connectivity index is 1.69. The number of hydrogen-bond acceptors (Lipinski definition) is 5. The van der Waals surface area contributed by atoms with Gasteiger partial charge in [-0.3, -0.25) is 4.79 Å². The second-order valence-corrected chi connectivity index (χ2v) is 5.76. The smallest absolute Gasteiger partial charge is 0.236 e. The number of nitriles is 1. The summed E-state index contributed by atoms with van der Waals surface area (Å²) >= 11 is 1.34. The van der Waals surface area contributed by atoms with Crippen LogP contribution in [0.3, 0.4) is 0 Å². The van der Waals surface area contributed by atoms with Gasteiger partial charge in [0.15, 0.2) is 5.17 Å². The van der Waals surface area contributed by atoms with Crippen molar-refractivity contribution in [2.75, 3.05) is 5.75 Å². The van der Waals surface area contributed by atoms with Crippen LogP contribution in [0.15, 0.2) is 58.7 Å². The molecule has 0 aliphatic carbocycles. The van der Waals surface area contributed by atoms with Crippen molar-refractivity contribution in [3.63, 3.8) is 0 Å². The van der Waals surface area contributed by atoms with E-state index in [9.17, 15) is 4.79 Å². The molecule has 0 bridgehead atoms. The van der Waals surface area contributed by atoms with Crippen molar-refractivity contribution in [1.82, 2.24) is 5.32 Å². The summed E-state index contributed by atoms with van der Waals surface area (Å²) in [6, 6.07) is 17.4. The second kappa shape index (κ2) is 6.90. The Labute approximate surface area is 137 Å². The number of thioether (sulfide) groups is 1. The Bertz CT molecular complexity index is 817. The fraction of sp³-hybridized carbons (Fsp3) is 0.0588. The summed E-state index contributed by atoms with van der Waals surface area (Å²) in [7, 11) is 0. The van der Waals surface area contributed by atoms with E-state index >= 15 is 0 Å². The molecule has 1 amide bonds. The van der Waals surface area contributed by atoms with Gasteiger partial charge in [-0.15, -0.1) is 5.10 Å². The van der Waals surface area contributed by atoms with Crippen LogP contribution in [0.1, 0.15) is 11.1 Å². The van der Waals surface area contributed by atoms with Crippen LogP contribution in [0.25, 0.3) is 11.1 Å². The summed E-state index contributed by atoms with van der Waals surface area (Å²) in [4.78, 5) is 11.0. The molecule has 112 valence electrons. The number of benzene rings is 2. The first-order chi connectivity index (χ1) is 11.2. The molecule has 0 unspecified atom stereocenters. The van der Waals surface area contributed by atoms with Crippen molar-refractivity contribution in [1.29, 1.82) is 5.26 Å². The maximum atomic E-state index is 11.0. The van der Waals surface area contributed by atoms with Gasteiger partial charge < -0.3 is 5.32 Å². The molecule has 2 aromatic rings. The number of hydrogen-bond donors (Lipinski definition) is 1. The van der Waals surface area contributed by atoms with Crippen LogP contribution in [-0.2, 0) is 4.79 Å². The second-order valence-electron chi connectivity index (χ2n) is 4.80. The van der Waals surface area contributed by atoms with E-state index in [1.807, 2.05) is 36.4 Å². The Hall–Kier alpha value is -2.91. The minimum atomic E-state index is -0.0456. The zero-order valence-corrected chi connectivity index (χ0v) is 12.9. The summed E-state index contributed by atoms with van der Waals surface area (Å²) in [5.41, 5.74) is 3.68. The predicted molar refractivity (Wildman–Crippen MR) is 92.2 cm³/mol. The first kappa shape index (κ1) is 15.0. The molecule has 3 rings (SSSR count). The lowest BCUT2D eigenvalue weighted by molar-refractivity contribution is -0.116. The number of nitrogens with one attached hydrogen (secondary N) is 1. The van der Waals surface area contributed by atoms with Gasteiger partial charge in [0.1, 0.15) is 0 Å². The predicted octanol–water partition coefficient (Wildman–Crippen LogP) is 2.78. The molecule has 1 fully saturated rings. The van der Waals surface area contributed by atoms with Crippen molar-refractivity contribution in [2.45, 2.75) is 0 Å². The van der Waals surface area contributed by atoms with Crippen LogP contribution in [0.5, 0.6) is 0 Å². The quantitative estimate of drug-likeness (QED) is 0.698. The summed E-state index contributed by atoms with van der Waals surface area (Å²) in [5.74, 6) is 0.351. The van der Waals surface area contributed by atoms with E-state index in [2.05, 4.69) is 21.6 Å². The number of carbonyl (C=O) groups excluding carboxylic acids is 1. The summed E-state index contributed by atoms with van der Waals surface area (Å²) < 4.78 is 0. The number of amides is 1. The number of carbonyl (C=O) groups is 1. The molecule has 1 saturated heterocycles. The Morgan fingerprint density at radius 2 is 1.74 bits per heavy atom. The highest BCUT2D eigenvalue weighted by Crippen LogP contribution is 2.20. The van der Waals surface area contributed by atoms with E-state index in [4.69, 9.17) is 5.26 Å². The maximum Gasteiger partial charge on any atom is 0.236 e. The van der Waals surface area contributed by atoms with E-state index in [0.717, 1.165) is 16.7 Å². The van der Waals surface area contributed by atoms with E-state index in [0.29, 0.717) is 16.5 Å². The number of rotatable bonds is 3. The summed E-state index contributed by atoms with van der Waals surface area (Å²) in [6.07, 6.45) is 1.64. The van der Waals surface area contributed by atoms with Gasteiger partial charge in [0.05, 0.1) is 23.6 Å². The topological polar surface area (TPSA) is 77.6 Å². The highest BCUT2D eigenvalue weighted by atomic mass is 32.2. The summed E-state index contributed by atoms with van der Waals surface area (Å²) in [5, 5.41) is 19.9. The van der Waals surface area contributed by atoms with Gasteiger partial charge in [-0.1, -0.05) is 48.2 Å². The number of amidine groups is 1. The molecule has 0 radical (unpaired) electrons. The number of nitrogens with zero attached hydrogens (tertiary/aromatic N) is 3. The first-order valence-corrected chi connectivity index (χ1v) is 7.87. The van der Waals surface area contributed by atoms with E-state index in [1.54, 1.807) is 18.3 Å². The SMILES string of the molecule is N#Cc1ccc(-c2ccc(C=NN=C3NC(=O)CS3)cc2)cc1. The molecule has 6 heteroatoms. The molecule has 23 heavy (non-hydrogen) atoms. The monoisotopic (exact) mass is 320 g/mol. The molecule has 0 atom stereocenters. The van der Waals surface area contributed by atoms with E-state index in [-0.39, 0.29) is 5.91 Å². The van der Waals surface area contributed by atoms with Gasteiger partial charge >= 0.3 is 0 Å². The van der Waals surface area contributed by atoms with Gasteiger partial charge in [0, 0.05) is 0 Å². The van der Waals surface area contributed by atoms with Crippen molar-refractivity contribution < 1.29 is 4.79 Å². The maximum absolute atomic E-state index is 11.0. The van der Waals surface area contributed by atoms with Crippen molar-refractivity contribution >= 4 is 29.1 Å². The third-order valence-corrected chi connectivity index (χ3v) is 4.06. The Morgan fingerprint density at radius 3 is 2.30 bits per heavy atom. The highest BCUT2D eigenvalue weighted by Gasteiger charge is 2.15. The van der Waals surface area contributed by atoms with Crippen LogP contribution in [0.4, 0.5) is 0 Å². The minimum absolute atomic E-state index is 0.0456. The van der Waals surface area contributed by atoms with Gasteiger partial charge in [-0.25, -0.2) is 0 Å². The Kier molecular flexibility index (Phi) is 4.50. The molecule has 1 aliphatic heterocycles. The normalized spacial score (nSPS) is 15.8. The van der Waals surface area contributed by atoms with Gasteiger partial charge in [0.2, 0.25) is 5.91 Å². The highest BCUT2D eigenvalue weighted by molar-refractivity contribution is 8.15. The van der Waals surface area contributed by atoms with Gasteiger partial charge in [0.25, 0.3) is 0 Å². The lowest BCUT2D eigenvalue weighted by Gasteiger charge is -2.02. The van der Waals surface area contributed by atoms with Crippen LogP contribution >= 0.6 is 11.8 Å². The fourth-order valence-corrected chi connectivity index (χ4v) is 2.66. The van der Waals surface area contributed by atoms with Crippen LogP contribution in [-0.4, -0.2) is 23.0 Å². The fourth-order valence-electron chi connectivity index (χ4n) is 2.03. The molecule has 2 aromatic carbocycles. The average molecular weight is 320 g/mol. The average Bonchev–Trinajstić information content (AvgIpc) is 3.01. The molecule has 1 aliphatic rings. The molecule has 1 heterocycles.